The Balaban J connectivity index is 1.87. The van der Waals surface area contributed by atoms with Crippen molar-refractivity contribution in [1.29, 1.82) is 0 Å². The largest absolute Gasteiger partial charge is 0.496 e. The molecule has 0 radical (unpaired) electrons. The maximum Gasteiger partial charge on any atom is 0.273 e. The molecular weight excluding hydrogens is 530 g/mol. The van der Waals surface area contributed by atoms with Crippen molar-refractivity contribution in [3.8, 4) is 16.9 Å². The lowest BCUT2D eigenvalue weighted by molar-refractivity contribution is -0.385. The van der Waals surface area contributed by atoms with Crippen LogP contribution in [-0.4, -0.2) is 107 Å². The van der Waals surface area contributed by atoms with Crippen molar-refractivity contribution in [2.24, 2.45) is 0 Å². The van der Waals surface area contributed by atoms with Gasteiger partial charge in [-0.2, -0.15) is 0 Å². The summed E-state index contributed by atoms with van der Waals surface area (Å²) in [6, 6.07) is 7.86. The number of amides is 1. The zero-order chi connectivity index (χ0) is 28.7. The van der Waals surface area contributed by atoms with Crippen molar-refractivity contribution in [2.45, 2.75) is 0 Å². The Labute approximate surface area is 231 Å². The van der Waals surface area contributed by atoms with Gasteiger partial charge in [-0.15, -0.1) is 0 Å². The fourth-order valence-electron chi connectivity index (χ4n) is 3.89. The number of methoxy groups -OCH3 is 1. The summed E-state index contributed by atoms with van der Waals surface area (Å²) >= 11 is 0. The molecule has 1 amide bonds. The van der Waals surface area contributed by atoms with Crippen LogP contribution in [0.3, 0.4) is 0 Å². The molecule has 14 nitrogen and oxygen atoms in total. The molecule has 0 aliphatic carbocycles. The van der Waals surface area contributed by atoms with Gasteiger partial charge in [0.2, 0.25) is 0 Å². The molecule has 3 rings (SSSR count). The summed E-state index contributed by atoms with van der Waals surface area (Å²) in [4.78, 5) is 37.0. The van der Waals surface area contributed by atoms with Crippen LogP contribution >= 0.6 is 0 Å². The molecular formula is C26H33N3O11. The number of hydrogen-bond acceptors (Lipinski definition) is 11. The van der Waals surface area contributed by atoms with E-state index in [2.05, 4.69) is 0 Å². The first-order chi connectivity index (χ1) is 19.4. The summed E-state index contributed by atoms with van der Waals surface area (Å²) in [5, 5.41) is 22.8. The summed E-state index contributed by atoms with van der Waals surface area (Å²) in [6.45, 7) is 3.78. The highest BCUT2D eigenvalue weighted by molar-refractivity contribution is 6.02. The molecule has 40 heavy (non-hydrogen) atoms. The van der Waals surface area contributed by atoms with Gasteiger partial charge < -0.3 is 33.3 Å². The van der Waals surface area contributed by atoms with E-state index in [1.807, 2.05) is 0 Å². The third kappa shape index (κ3) is 9.20. The zero-order valence-corrected chi connectivity index (χ0v) is 22.3. The first kappa shape index (κ1) is 30.8. The maximum atomic E-state index is 13.8. The first-order valence-electron chi connectivity index (χ1n) is 12.7. The van der Waals surface area contributed by atoms with Gasteiger partial charge >= 0.3 is 0 Å². The van der Waals surface area contributed by atoms with E-state index in [9.17, 15) is 25.0 Å². The average molecular weight is 564 g/mol. The van der Waals surface area contributed by atoms with Crippen LogP contribution in [0.5, 0.6) is 5.75 Å². The van der Waals surface area contributed by atoms with Crippen LogP contribution in [0, 0.1) is 20.2 Å². The molecule has 1 aliphatic rings. The maximum absolute atomic E-state index is 13.8. The lowest BCUT2D eigenvalue weighted by atomic mass is 9.96. The van der Waals surface area contributed by atoms with E-state index in [0.717, 1.165) is 0 Å². The molecule has 218 valence electrons. The highest BCUT2D eigenvalue weighted by Gasteiger charge is 2.25. The number of carbonyl (C=O) groups excluding carboxylic acids is 1. The number of nitro benzene ring substituents is 2. The minimum absolute atomic E-state index is 0.0372. The quantitative estimate of drug-likeness (QED) is 0.388. The Bertz CT molecular complexity index is 1130. The monoisotopic (exact) mass is 563 g/mol. The van der Waals surface area contributed by atoms with Gasteiger partial charge in [0.15, 0.2) is 0 Å². The number of benzene rings is 2. The first-order valence-corrected chi connectivity index (χ1v) is 12.7. The summed E-state index contributed by atoms with van der Waals surface area (Å²) in [5.74, 6) is -0.348. The molecule has 0 N–H and O–H groups in total. The van der Waals surface area contributed by atoms with Crippen LogP contribution in [0.2, 0.25) is 0 Å². The van der Waals surface area contributed by atoms with Crippen LogP contribution in [0.25, 0.3) is 11.1 Å². The zero-order valence-electron chi connectivity index (χ0n) is 22.3. The Kier molecular flexibility index (Phi) is 12.7. The van der Waals surface area contributed by atoms with Crippen LogP contribution < -0.4 is 4.74 Å². The van der Waals surface area contributed by atoms with Gasteiger partial charge in [0.05, 0.1) is 94.7 Å². The highest BCUT2D eigenvalue weighted by atomic mass is 16.6. The summed E-state index contributed by atoms with van der Waals surface area (Å²) in [5.41, 5.74) is 0.263. The Hall–Kier alpha value is -3.69. The molecule has 1 heterocycles. The molecule has 0 unspecified atom stereocenters. The lowest BCUT2D eigenvalue weighted by Crippen LogP contribution is -2.37. The minimum Gasteiger partial charge on any atom is -0.496 e. The summed E-state index contributed by atoms with van der Waals surface area (Å²) < 4.78 is 32.9. The van der Waals surface area contributed by atoms with Crippen molar-refractivity contribution in [3.63, 3.8) is 0 Å². The molecule has 0 bridgehead atoms. The second kappa shape index (κ2) is 16.4. The van der Waals surface area contributed by atoms with Crippen LogP contribution in [0.15, 0.2) is 36.4 Å². The van der Waals surface area contributed by atoms with E-state index in [1.54, 1.807) is 0 Å². The second-order valence-electron chi connectivity index (χ2n) is 8.48. The Morgan fingerprint density at radius 3 is 1.57 bits per heavy atom. The number of ether oxygens (including phenoxy) is 6. The van der Waals surface area contributed by atoms with Gasteiger partial charge in [-0.1, -0.05) is 0 Å². The number of carbonyl (C=O) groups is 1. The van der Waals surface area contributed by atoms with Crippen LogP contribution in [-0.2, 0) is 23.7 Å². The molecule has 2 aromatic carbocycles. The molecule has 2 aromatic rings. The predicted molar refractivity (Wildman–Crippen MR) is 142 cm³/mol. The van der Waals surface area contributed by atoms with Crippen molar-refractivity contribution < 1.29 is 43.1 Å². The summed E-state index contributed by atoms with van der Waals surface area (Å²) in [6.07, 6.45) is 0. The third-order valence-electron chi connectivity index (χ3n) is 5.92. The molecule has 0 aromatic heterocycles. The lowest BCUT2D eigenvalue weighted by Gasteiger charge is -2.24. The van der Waals surface area contributed by atoms with Crippen molar-refractivity contribution in [1.82, 2.24) is 4.90 Å². The van der Waals surface area contributed by atoms with E-state index in [-0.39, 0.29) is 49.0 Å². The third-order valence-corrected chi connectivity index (χ3v) is 5.92. The van der Waals surface area contributed by atoms with Crippen LogP contribution in [0.1, 0.15) is 10.4 Å². The molecule has 1 fully saturated rings. The fourth-order valence-corrected chi connectivity index (χ4v) is 3.89. The number of hydrogen-bond donors (Lipinski definition) is 0. The predicted octanol–water partition coefficient (Wildman–Crippen LogP) is 2.72. The van der Waals surface area contributed by atoms with Gasteiger partial charge in [-0.25, -0.2) is 0 Å². The topological polar surface area (TPSA) is 162 Å². The number of nitro groups is 2. The van der Waals surface area contributed by atoms with E-state index < -0.39 is 15.8 Å². The Morgan fingerprint density at radius 2 is 1.12 bits per heavy atom. The summed E-state index contributed by atoms with van der Waals surface area (Å²) in [7, 11) is 1.35. The molecule has 0 atom stereocenters. The highest BCUT2D eigenvalue weighted by Crippen LogP contribution is 2.37. The van der Waals surface area contributed by atoms with Crippen LogP contribution in [0.4, 0.5) is 11.4 Å². The van der Waals surface area contributed by atoms with Crippen molar-refractivity contribution >= 4 is 17.3 Å². The molecule has 0 saturated carbocycles. The van der Waals surface area contributed by atoms with E-state index in [4.69, 9.17) is 28.4 Å². The van der Waals surface area contributed by atoms with Crippen molar-refractivity contribution in [2.75, 3.05) is 86.3 Å². The fraction of sp³-hybridized carbons (Fsp3) is 0.500. The minimum atomic E-state index is -0.593. The van der Waals surface area contributed by atoms with E-state index in [0.29, 0.717) is 64.0 Å². The van der Waals surface area contributed by atoms with Gasteiger partial charge in [-0.05, 0) is 17.7 Å². The second-order valence-corrected chi connectivity index (χ2v) is 8.48. The van der Waals surface area contributed by atoms with E-state index >= 15 is 0 Å². The molecule has 0 spiro atoms. The SMILES string of the molecule is COc1cc([N+](=O)[O-])ccc1-c1ccc([N+](=O)[O-])cc1C(=O)N1CCOCCOCCOCCOCCOCC1. The Morgan fingerprint density at radius 1 is 0.700 bits per heavy atom. The van der Waals surface area contributed by atoms with Gasteiger partial charge in [-0.3, -0.25) is 25.0 Å². The molecule has 1 saturated heterocycles. The molecule has 1 aliphatic heterocycles. The van der Waals surface area contributed by atoms with E-state index in [1.165, 1.54) is 48.4 Å². The van der Waals surface area contributed by atoms with Gasteiger partial charge in [0.1, 0.15) is 5.75 Å². The number of nitrogens with zero attached hydrogens (tertiary/aromatic N) is 3. The standard InChI is InChI=1S/C26H33N3O11/c1-35-25-19-21(29(33)34)3-5-23(25)22-4-2-20(28(31)32)18-24(22)26(30)27-6-8-36-10-12-38-14-16-40-17-15-39-13-11-37-9-7-27/h2-5,18-19H,6-17H2,1H3. The smallest absolute Gasteiger partial charge is 0.273 e. The van der Waals surface area contributed by atoms with Gasteiger partial charge in [0, 0.05) is 36.9 Å². The van der Waals surface area contributed by atoms with Gasteiger partial charge in [0.25, 0.3) is 17.3 Å². The molecule has 14 heteroatoms. The number of non-ortho nitro benzene ring substituents is 2. The normalized spacial score (nSPS) is 16.9. The average Bonchev–Trinajstić information content (AvgIpc) is 2.96. The van der Waals surface area contributed by atoms with Crippen molar-refractivity contribution in [3.05, 3.63) is 62.2 Å². The number of rotatable bonds is 5.